The average molecular weight is 629 g/mol. The summed E-state index contributed by atoms with van der Waals surface area (Å²) in [6, 6.07) is 6.52. The van der Waals surface area contributed by atoms with Gasteiger partial charge in [0.15, 0.2) is 0 Å². The van der Waals surface area contributed by atoms with Crippen LogP contribution in [-0.2, 0) is 28.6 Å². The molecule has 16 heteroatoms. The van der Waals surface area contributed by atoms with E-state index in [-0.39, 0.29) is 5.69 Å². The molecule has 1 saturated heterocycles. The van der Waals surface area contributed by atoms with Gasteiger partial charge in [0.2, 0.25) is 0 Å². The van der Waals surface area contributed by atoms with Gasteiger partial charge in [-0.05, 0) is 55.9 Å². The number of alkyl halides is 9. The van der Waals surface area contributed by atoms with E-state index in [0.717, 1.165) is 24.3 Å². The molecular weight excluding hydrogens is 607 g/mol. The number of sulfonamides is 1. The summed E-state index contributed by atoms with van der Waals surface area (Å²) in [6.07, 6.45) is -14.9. The maximum Gasteiger partial charge on any atom is 0.419 e. The second-order valence-corrected chi connectivity index (χ2v) is 11.1. The van der Waals surface area contributed by atoms with Crippen molar-refractivity contribution in [2.45, 2.75) is 35.9 Å². The number of rotatable bonds is 7. The molecule has 0 bridgehead atoms. The summed E-state index contributed by atoms with van der Waals surface area (Å²) in [5.41, 5.74) is -4.25. The van der Waals surface area contributed by atoms with Crippen LogP contribution in [0.3, 0.4) is 0 Å². The van der Waals surface area contributed by atoms with Crippen LogP contribution in [0.25, 0.3) is 0 Å². The highest BCUT2D eigenvalue weighted by Gasteiger charge is 2.38. The molecule has 1 atom stereocenters. The van der Waals surface area contributed by atoms with Crippen LogP contribution in [0.5, 0.6) is 17.2 Å². The van der Waals surface area contributed by atoms with Gasteiger partial charge in [-0.3, -0.25) is 4.72 Å². The molecule has 3 aromatic carbocycles. The zero-order valence-electron chi connectivity index (χ0n) is 21.4. The van der Waals surface area contributed by atoms with E-state index in [1.807, 2.05) is 9.62 Å². The minimum Gasteiger partial charge on any atom is -0.488 e. The van der Waals surface area contributed by atoms with Crippen molar-refractivity contribution in [1.82, 2.24) is 4.90 Å². The van der Waals surface area contributed by atoms with Crippen molar-refractivity contribution in [3.63, 3.8) is 0 Å². The fourth-order valence-electron chi connectivity index (χ4n) is 4.15. The molecule has 1 N–H and O–H groups in total. The molecule has 1 heterocycles. The molecule has 0 spiro atoms. The van der Waals surface area contributed by atoms with E-state index in [4.69, 9.17) is 9.47 Å². The summed E-state index contributed by atoms with van der Waals surface area (Å²) < 4.78 is 160. The molecule has 0 amide bonds. The third-order valence-electron chi connectivity index (χ3n) is 6.14. The van der Waals surface area contributed by atoms with E-state index in [2.05, 4.69) is 0 Å². The minimum absolute atomic E-state index is 0.327. The van der Waals surface area contributed by atoms with Crippen molar-refractivity contribution < 1.29 is 57.4 Å². The maximum absolute atomic E-state index is 13.6. The highest BCUT2D eigenvalue weighted by molar-refractivity contribution is 7.92. The van der Waals surface area contributed by atoms with E-state index >= 15 is 0 Å². The summed E-state index contributed by atoms with van der Waals surface area (Å²) >= 11 is 0. The van der Waals surface area contributed by atoms with Crippen LogP contribution in [0, 0.1) is 0 Å². The molecule has 0 aliphatic carbocycles. The van der Waals surface area contributed by atoms with Gasteiger partial charge in [0.1, 0.15) is 23.4 Å². The first-order chi connectivity index (χ1) is 19.3. The first kappa shape index (κ1) is 31.3. The Bertz CT molecular complexity index is 1550. The lowest BCUT2D eigenvalue weighted by molar-refractivity contribution is -0.139. The van der Waals surface area contributed by atoms with Crippen LogP contribution in [0.1, 0.15) is 23.1 Å². The lowest BCUT2D eigenvalue weighted by Gasteiger charge is -2.20. The standard InChI is InChI=1S/C26H21F9N2O4S/c1-37-10-9-18(14-37)41-22-12-16(5-7-20(22)25(30,31)32)36-42(38,39)19-6-8-21(26(33,34)35)23(13-19)40-17-4-2-3-15(11-17)24(27,28)29/h2-8,11-13,18,36H,9-10,14H2,1H3/t18-/m1/s1. The maximum atomic E-state index is 13.6. The molecule has 6 nitrogen and oxygen atoms in total. The number of likely N-dealkylation sites (N-methyl/N-ethyl adjacent to an activating group) is 1. The molecule has 4 rings (SSSR count). The summed E-state index contributed by atoms with van der Waals surface area (Å²) in [5.74, 6) is -2.42. The monoisotopic (exact) mass is 628 g/mol. The van der Waals surface area contributed by atoms with Crippen LogP contribution in [-0.4, -0.2) is 39.6 Å². The third kappa shape index (κ3) is 7.40. The van der Waals surface area contributed by atoms with Crippen LogP contribution < -0.4 is 14.2 Å². The number of nitrogens with one attached hydrogen (secondary N) is 1. The van der Waals surface area contributed by atoms with Crippen molar-refractivity contribution in [1.29, 1.82) is 0 Å². The zero-order chi connectivity index (χ0) is 31.1. The Kier molecular flexibility index (Phi) is 8.34. The highest BCUT2D eigenvalue weighted by Crippen LogP contribution is 2.42. The zero-order valence-corrected chi connectivity index (χ0v) is 22.2. The Balaban J connectivity index is 1.68. The topological polar surface area (TPSA) is 67.9 Å². The molecule has 3 aromatic rings. The van der Waals surface area contributed by atoms with E-state index in [1.54, 1.807) is 7.05 Å². The van der Waals surface area contributed by atoms with E-state index < -0.39 is 73.5 Å². The van der Waals surface area contributed by atoms with Gasteiger partial charge in [-0.2, -0.15) is 39.5 Å². The summed E-state index contributed by atoms with van der Waals surface area (Å²) in [7, 11) is -3.00. The molecule has 1 fully saturated rings. The number of nitrogens with zero attached hydrogens (tertiary/aromatic N) is 1. The van der Waals surface area contributed by atoms with Crippen molar-refractivity contribution in [3.8, 4) is 17.2 Å². The minimum atomic E-state index is -5.08. The van der Waals surface area contributed by atoms with Crippen LogP contribution in [0.15, 0.2) is 65.6 Å². The first-order valence-corrected chi connectivity index (χ1v) is 13.5. The lowest BCUT2D eigenvalue weighted by atomic mass is 10.1. The van der Waals surface area contributed by atoms with Crippen molar-refractivity contribution >= 4 is 15.7 Å². The molecule has 0 unspecified atom stereocenters. The Hall–Kier alpha value is -3.66. The van der Waals surface area contributed by atoms with E-state index in [9.17, 15) is 47.9 Å². The number of hydrogen-bond acceptors (Lipinski definition) is 5. The lowest BCUT2D eigenvalue weighted by Crippen LogP contribution is -2.23. The van der Waals surface area contributed by atoms with Crippen molar-refractivity contribution in [2.24, 2.45) is 0 Å². The molecule has 0 saturated carbocycles. The van der Waals surface area contributed by atoms with Gasteiger partial charge in [-0.15, -0.1) is 0 Å². The summed E-state index contributed by atoms with van der Waals surface area (Å²) in [5, 5.41) is 0. The number of halogens is 9. The number of benzene rings is 3. The Morgan fingerprint density at radius 2 is 1.45 bits per heavy atom. The fourth-order valence-corrected chi connectivity index (χ4v) is 5.22. The highest BCUT2D eigenvalue weighted by atomic mass is 32.2. The molecule has 42 heavy (non-hydrogen) atoms. The number of ether oxygens (including phenoxy) is 2. The van der Waals surface area contributed by atoms with Crippen LogP contribution in [0.2, 0.25) is 0 Å². The number of likely N-dealkylation sites (tertiary alicyclic amines) is 1. The van der Waals surface area contributed by atoms with Gasteiger partial charge >= 0.3 is 18.5 Å². The van der Waals surface area contributed by atoms with Gasteiger partial charge < -0.3 is 14.4 Å². The molecule has 0 radical (unpaired) electrons. The Labute approximate surface area is 233 Å². The van der Waals surface area contributed by atoms with Gasteiger partial charge in [0, 0.05) is 25.2 Å². The molecule has 0 aromatic heterocycles. The molecular formula is C26H21F9N2O4S. The summed E-state index contributed by atoms with van der Waals surface area (Å²) in [6.45, 7) is 0.893. The van der Waals surface area contributed by atoms with Gasteiger partial charge in [-0.1, -0.05) is 6.07 Å². The van der Waals surface area contributed by atoms with Gasteiger partial charge in [-0.25, -0.2) is 8.42 Å². The van der Waals surface area contributed by atoms with Crippen molar-refractivity contribution in [3.05, 3.63) is 77.4 Å². The first-order valence-electron chi connectivity index (χ1n) is 12.0. The van der Waals surface area contributed by atoms with Crippen LogP contribution >= 0.6 is 0 Å². The predicted octanol–water partition coefficient (Wildman–Crippen LogP) is 7.42. The normalized spacial score (nSPS) is 16.9. The number of hydrogen-bond donors (Lipinski definition) is 1. The smallest absolute Gasteiger partial charge is 0.419 e. The third-order valence-corrected chi connectivity index (χ3v) is 7.52. The largest absolute Gasteiger partial charge is 0.488 e. The van der Waals surface area contributed by atoms with E-state index in [1.165, 1.54) is 0 Å². The quantitative estimate of drug-likeness (QED) is 0.276. The fraction of sp³-hybridized carbons (Fsp3) is 0.308. The second-order valence-electron chi connectivity index (χ2n) is 9.39. The Morgan fingerprint density at radius 1 is 0.810 bits per heavy atom. The SMILES string of the molecule is CN1CC[C@@H](Oc2cc(NS(=O)(=O)c3ccc(C(F)(F)F)c(Oc4cccc(C(F)(F)F)c4)c3)ccc2C(F)(F)F)C1. The average Bonchev–Trinajstić information content (AvgIpc) is 3.26. The van der Waals surface area contributed by atoms with Crippen molar-refractivity contribution in [2.75, 3.05) is 24.9 Å². The predicted molar refractivity (Wildman–Crippen MR) is 132 cm³/mol. The van der Waals surface area contributed by atoms with E-state index in [0.29, 0.717) is 55.9 Å². The molecule has 228 valence electrons. The Morgan fingerprint density at radius 3 is 2.05 bits per heavy atom. The molecule has 1 aliphatic heterocycles. The number of anilines is 1. The second kappa shape index (κ2) is 11.2. The van der Waals surface area contributed by atoms with Gasteiger partial charge in [0.05, 0.1) is 27.3 Å². The molecule has 1 aliphatic rings. The van der Waals surface area contributed by atoms with Gasteiger partial charge in [0.25, 0.3) is 10.0 Å². The summed E-state index contributed by atoms with van der Waals surface area (Å²) in [4.78, 5) is 1.02. The van der Waals surface area contributed by atoms with Crippen LogP contribution in [0.4, 0.5) is 45.2 Å².